The second-order valence-electron chi connectivity index (χ2n) is 2.74. The van der Waals surface area contributed by atoms with Crippen molar-refractivity contribution < 1.29 is 8.25 Å². The average Bonchev–Trinajstić information content (AvgIpc) is 2.28. The fourth-order valence-corrected chi connectivity index (χ4v) is 3.02. The number of rotatable bonds is 3. The van der Waals surface area contributed by atoms with E-state index in [4.69, 9.17) is 8.25 Å². The molecular weight excluding hydrogens is 488 g/mol. The van der Waals surface area contributed by atoms with Crippen LogP contribution in [0.2, 0.25) is 0 Å². The molecule has 2 nitrogen and oxygen atoms in total. The van der Waals surface area contributed by atoms with E-state index >= 15 is 0 Å². The van der Waals surface area contributed by atoms with Gasteiger partial charge in [-0.25, -0.2) is 0 Å². The lowest BCUT2D eigenvalue weighted by Gasteiger charge is -2.03. The van der Waals surface area contributed by atoms with Crippen LogP contribution in [0.5, 0.6) is 5.75 Å². The number of benzene rings is 1. The van der Waals surface area contributed by atoms with Crippen molar-refractivity contribution in [2.45, 2.75) is 13.3 Å². The van der Waals surface area contributed by atoms with Crippen LogP contribution in [0.4, 0.5) is 0 Å². The lowest BCUT2D eigenvalue weighted by Crippen LogP contribution is -1.83. The van der Waals surface area contributed by atoms with Crippen LogP contribution in [0.3, 0.4) is 0 Å². The summed E-state index contributed by atoms with van der Waals surface area (Å²) in [4.78, 5) is 0. The molecule has 0 aliphatic rings. The first kappa shape index (κ1) is 17.1. The molecule has 0 N–H and O–H groups in total. The van der Waals surface area contributed by atoms with E-state index in [9.17, 15) is 0 Å². The molecule has 0 saturated carbocycles. The quantitative estimate of drug-likeness (QED) is 0.455. The van der Waals surface area contributed by atoms with Gasteiger partial charge < -0.3 is 8.25 Å². The molecule has 0 unspecified atom stereocenters. The second kappa shape index (κ2) is 10.1. The average molecular weight is 500 g/mol. The fourth-order valence-electron chi connectivity index (χ4n) is 0.772. The molecule has 0 spiro atoms. The van der Waals surface area contributed by atoms with E-state index in [-0.39, 0.29) is 0 Å². The Morgan fingerprint density at radius 1 is 1.19 bits per heavy atom. The largest absolute Gasteiger partial charge is 0.428 e. The monoisotopic (exact) mass is 496 g/mol. The maximum absolute atomic E-state index is 4.90. The van der Waals surface area contributed by atoms with E-state index in [0.717, 1.165) is 42.7 Å². The number of hydrogen-bond donors (Lipinski definition) is 0. The van der Waals surface area contributed by atoms with Gasteiger partial charge in [-0.1, -0.05) is 6.92 Å². The van der Waals surface area contributed by atoms with Crippen molar-refractivity contribution in [1.82, 2.24) is 0 Å². The van der Waals surface area contributed by atoms with Crippen molar-refractivity contribution in [3.8, 4) is 5.75 Å². The summed E-state index contributed by atoms with van der Waals surface area (Å²) in [6.07, 6.45) is 1.16. The van der Waals surface area contributed by atoms with E-state index in [1.54, 1.807) is 0 Å². The Balaban J connectivity index is 0.000000385. The highest BCUT2D eigenvalue weighted by molar-refractivity contribution is 9.14. The van der Waals surface area contributed by atoms with Gasteiger partial charge in [-0.15, -0.1) is 0 Å². The molecule has 0 radical (unpaired) electrons. The number of halogens is 4. The molecule has 0 aliphatic heterocycles. The fraction of sp³-hybridized carbons (Fsp3) is 0.333. The second-order valence-corrected chi connectivity index (χ2v) is 6.08. The maximum atomic E-state index is 4.90. The van der Waals surface area contributed by atoms with E-state index in [0.29, 0.717) is 0 Å². The van der Waals surface area contributed by atoms with Crippen molar-refractivity contribution in [3.63, 3.8) is 0 Å². The standard InChI is InChI=1S/C6H2Br4O.C3H10OSi/c7-3-1-2-4(11-10)6(9)5(3)8;1-2-3-4-5/h1-2H;2-3H2,1,5H3. The molecule has 7 heteroatoms. The minimum atomic E-state index is 0.736. The summed E-state index contributed by atoms with van der Waals surface area (Å²) < 4.78 is 12.5. The Labute approximate surface area is 133 Å². The Morgan fingerprint density at radius 3 is 2.19 bits per heavy atom. The molecular formula is C9H12Br4O2Si. The van der Waals surface area contributed by atoms with Crippen LogP contribution < -0.4 is 3.83 Å². The molecule has 1 aromatic carbocycles. The van der Waals surface area contributed by atoms with Crippen molar-refractivity contribution in [3.05, 3.63) is 25.6 Å². The maximum Gasteiger partial charge on any atom is 0.179 e. The molecule has 0 atom stereocenters. The summed E-state index contributed by atoms with van der Waals surface area (Å²) >= 11 is 13.0. The Morgan fingerprint density at radius 2 is 1.81 bits per heavy atom. The number of hydrogen-bond acceptors (Lipinski definition) is 2. The van der Waals surface area contributed by atoms with E-state index < -0.39 is 0 Å². The molecule has 16 heavy (non-hydrogen) atoms. The predicted octanol–water partition coefficient (Wildman–Crippen LogP) is 4.36. The molecule has 0 aliphatic carbocycles. The van der Waals surface area contributed by atoms with Gasteiger partial charge in [-0.3, -0.25) is 0 Å². The highest BCUT2D eigenvalue weighted by Gasteiger charge is 2.07. The van der Waals surface area contributed by atoms with Crippen LogP contribution in [0.25, 0.3) is 0 Å². The summed E-state index contributed by atoms with van der Waals surface area (Å²) in [7, 11) is 0.899. The minimum absolute atomic E-state index is 0.736. The Bertz CT molecular complexity index is 321. The first-order valence-electron chi connectivity index (χ1n) is 4.49. The molecule has 0 saturated heterocycles. The van der Waals surface area contributed by atoms with Crippen LogP contribution in [0.15, 0.2) is 25.6 Å². The van der Waals surface area contributed by atoms with Crippen LogP contribution in [-0.2, 0) is 4.43 Å². The molecule has 0 aromatic heterocycles. The minimum Gasteiger partial charge on any atom is -0.428 e. The third-order valence-corrected chi connectivity index (χ3v) is 5.58. The third-order valence-electron chi connectivity index (χ3n) is 1.49. The predicted molar refractivity (Wildman–Crippen MR) is 85.3 cm³/mol. The Kier molecular flexibility index (Phi) is 10.8. The van der Waals surface area contributed by atoms with Crippen molar-refractivity contribution in [2.75, 3.05) is 6.61 Å². The summed E-state index contributed by atoms with van der Waals surface area (Å²) in [5, 5.41) is 0. The van der Waals surface area contributed by atoms with E-state index in [1.807, 2.05) is 12.1 Å². The summed E-state index contributed by atoms with van der Waals surface area (Å²) in [6.45, 7) is 3.06. The normalized spacial score (nSPS) is 9.56. The van der Waals surface area contributed by atoms with Gasteiger partial charge in [0.05, 0.1) is 4.47 Å². The topological polar surface area (TPSA) is 18.5 Å². The molecule has 1 rings (SSSR count). The zero-order valence-electron chi connectivity index (χ0n) is 8.90. The van der Waals surface area contributed by atoms with Crippen molar-refractivity contribution in [2.24, 2.45) is 0 Å². The van der Waals surface area contributed by atoms with Gasteiger partial charge >= 0.3 is 0 Å². The van der Waals surface area contributed by atoms with Gasteiger partial charge in [0.25, 0.3) is 0 Å². The smallest absolute Gasteiger partial charge is 0.179 e. The van der Waals surface area contributed by atoms with Gasteiger partial charge in [-0.2, -0.15) is 0 Å². The summed E-state index contributed by atoms with van der Waals surface area (Å²) in [5.74, 6) is 0.736. The first-order chi connectivity index (χ1) is 7.58. The molecule has 1 aromatic rings. The van der Waals surface area contributed by atoms with E-state index in [1.165, 1.54) is 0 Å². The molecule has 0 heterocycles. The first-order valence-corrected chi connectivity index (χ1v) is 8.33. The summed E-state index contributed by atoms with van der Waals surface area (Å²) in [6, 6.07) is 3.74. The highest BCUT2D eigenvalue weighted by Crippen LogP contribution is 2.38. The van der Waals surface area contributed by atoms with Crippen LogP contribution in [0.1, 0.15) is 13.3 Å². The molecule has 0 bridgehead atoms. The van der Waals surface area contributed by atoms with Gasteiger partial charge in [0, 0.05) is 15.6 Å². The van der Waals surface area contributed by atoms with Crippen LogP contribution >= 0.6 is 64.0 Å². The van der Waals surface area contributed by atoms with Crippen LogP contribution in [-0.4, -0.2) is 17.1 Å². The van der Waals surface area contributed by atoms with E-state index in [2.05, 4.69) is 71.0 Å². The van der Waals surface area contributed by atoms with Gasteiger partial charge in [0.15, 0.2) is 22.0 Å². The molecule has 0 amide bonds. The molecule has 0 fully saturated rings. The van der Waals surface area contributed by atoms with Gasteiger partial charge in [0.1, 0.15) is 10.5 Å². The lowest BCUT2D eigenvalue weighted by atomic mass is 10.3. The Hall–Kier alpha value is 1.12. The highest BCUT2D eigenvalue weighted by atomic mass is 79.9. The third kappa shape index (κ3) is 6.16. The van der Waals surface area contributed by atoms with Gasteiger partial charge in [-0.05, 0) is 66.3 Å². The van der Waals surface area contributed by atoms with Crippen molar-refractivity contribution in [1.29, 1.82) is 0 Å². The molecule has 92 valence electrons. The lowest BCUT2D eigenvalue weighted by molar-refractivity contribution is 0.349. The zero-order chi connectivity index (χ0) is 12.6. The zero-order valence-corrected chi connectivity index (χ0v) is 17.2. The SMILES string of the molecule is BrOc1ccc(Br)c(Br)c1Br.CCCO[SiH3]. The van der Waals surface area contributed by atoms with Crippen LogP contribution in [0, 0.1) is 0 Å². The van der Waals surface area contributed by atoms with Gasteiger partial charge in [0.2, 0.25) is 0 Å². The summed E-state index contributed by atoms with van der Waals surface area (Å²) in [5.41, 5.74) is 0. The van der Waals surface area contributed by atoms with Crippen molar-refractivity contribution >= 4 is 74.5 Å².